The predicted octanol–water partition coefficient (Wildman–Crippen LogP) is 2.16. The Hall–Kier alpha value is -2.30. The van der Waals surface area contributed by atoms with Gasteiger partial charge in [-0.25, -0.2) is 4.98 Å². The van der Waals surface area contributed by atoms with Crippen molar-refractivity contribution in [1.29, 1.82) is 0 Å². The van der Waals surface area contributed by atoms with Gasteiger partial charge in [0.25, 0.3) is 5.56 Å². The van der Waals surface area contributed by atoms with E-state index >= 15 is 0 Å². The number of aromatic amines is 1. The van der Waals surface area contributed by atoms with Crippen molar-refractivity contribution in [2.24, 2.45) is 0 Å². The first-order valence-electron chi connectivity index (χ1n) is 6.76. The van der Waals surface area contributed by atoms with Crippen LogP contribution >= 0.6 is 0 Å². The van der Waals surface area contributed by atoms with Crippen LogP contribution in [-0.2, 0) is 6.42 Å². The van der Waals surface area contributed by atoms with E-state index in [-0.39, 0.29) is 5.56 Å². The second kappa shape index (κ2) is 5.36. The highest BCUT2D eigenvalue weighted by atomic mass is 16.6. The maximum Gasteiger partial charge on any atom is 0.251 e. The summed E-state index contributed by atoms with van der Waals surface area (Å²) in [6, 6.07) is 7.12. The second-order valence-electron chi connectivity index (χ2n) is 4.69. The predicted molar refractivity (Wildman–Crippen MR) is 75.3 cm³/mol. The van der Waals surface area contributed by atoms with Gasteiger partial charge < -0.3 is 14.5 Å². The third-order valence-electron chi connectivity index (χ3n) is 3.12. The minimum atomic E-state index is -0.131. The number of hydrogen-bond acceptors (Lipinski definition) is 4. The van der Waals surface area contributed by atoms with Gasteiger partial charge in [0.2, 0.25) is 0 Å². The highest BCUT2D eigenvalue weighted by molar-refractivity contribution is 5.63. The molecule has 0 saturated heterocycles. The Labute approximate surface area is 116 Å². The van der Waals surface area contributed by atoms with Crippen LogP contribution in [0.4, 0.5) is 0 Å². The van der Waals surface area contributed by atoms with Crippen molar-refractivity contribution in [2.45, 2.75) is 19.8 Å². The van der Waals surface area contributed by atoms with Crippen LogP contribution in [0.5, 0.6) is 11.5 Å². The van der Waals surface area contributed by atoms with Crippen molar-refractivity contribution >= 4 is 0 Å². The summed E-state index contributed by atoms with van der Waals surface area (Å²) < 4.78 is 11.0. The van der Waals surface area contributed by atoms with E-state index in [9.17, 15) is 4.79 Å². The fourth-order valence-electron chi connectivity index (χ4n) is 2.21. The molecule has 1 aliphatic rings. The summed E-state index contributed by atoms with van der Waals surface area (Å²) in [6.45, 7) is 3.16. The van der Waals surface area contributed by atoms with E-state index in [1.54, 1.807) is 0 Å². The van der Waals surface area contributed by atoms with Crippen LogP contribution < -0.4 is 15.0 Å². The molecule has 2 heterocycles. The molecule has 0 unspecified atom stereocenters. The van der Waals surface area contributed by atoms with Crippen LogP contribution in [-0.4, -0.2) is 23.2 Å². The standard InChI is InChI=1S/C15H16N2O3/c1-2-3-14-16-11(9-15(18)17-14)10-4-5-12-13(8-10)20-7-6-19-12/h4-5,8-9H,2-3,6-7H2,1H3,(H,16,17,18). The summed E-state index contributed by atoms with van der Waals surface area (Å²) in [5.74, 6) is 2.15. The molecular weight excluding hydrogens is 256 g/mol. The van der Waals surface area contributed by atoms with Gasteiger partial charge in [-0.3, -0.25) is 4.79 Å². The van der Waals surface area contributed by atoms with Crippen LogP contribution in [0.2, 0.25) is 0 Å². The fraction of sp³-hybridized carbons (Fsp3) is 0.333. The van der Waals surface area contributed by atoms with Gasteiger partial charge in [-0.05, 0) is 24.6 Å². The summed E-state index contributed by atoms with van der Waals surface area (Å²) >= 11 is 0. The molecule has 0 spiro atoms. The molecule has 5 heteroatoms. The molecule has 1 aromatic carbocycles. The monoisotopic (exact) mass is 272 g/mol. The third-order valence-corrected chi connectivity index (χ3v) is 3.12. The van der Waals surface area contributed by atoms with Crippen LogP contribution in [0.15, 0.2) is 29.1 Å². The smallest absolute Gasteiger partial charge is 0.251 e. The van der Waals surface area contributed by atoms with Crippen molar-refractivity contribution in [1.82, 2.24) is 9.97 Å². The summed E-state index contributed by atoms with van der Waals surface area (Å²) in [4.78, 5) is 18.9. The van der Waals surface area contributed by atoms with Crippen LogP contribution in [0, 0.1) is 0 Å². The minimum Gasteiger partial charge on any atom is -0.486 e. The number of nitrogens with one attached hydrogen (secondary N) is 1. The quantitative estimate of drug-likeness (QED) is 0.930. The Morgan fingerprint density at radius 1 is 1.20 bits per heavy atom. The van der Waals surface area contributed by atoms with E-state index in [0.29, 0.717) is 30.5 Å². The number of H-pyrrole nitrogens is 1. The number of hydrogen-bond donors (Lipinski definition) is 1. The Bertz CT molecular complexity index is 679. The summed E-state index contributed by atoms with van der Waals surface area (Å²) in [5.41, 5.74) is 1.39. The molecule has 0 atom stereocenters. The second-order valence-corrected chi connectivity index (χ2v) is 4.69. The number of nitrogens with zero attached hydrogens (tertiary/aromatic N) is 1. The average molecular weight is 272 g/mol. The lowest BCUT2D eigenvalue weighted by Crippen LogP contribution is -2.15. The number of benzene rings is 1. The zero-order chi connectivity index (χ0) is 13.9. The topological polar surface area (TPSA) is 64.2 Å². The minimum absolute atomic E-state index is 0.131. The van der Waals surface area contributed by atoms with Crippen LogP contribution in [0.3, 0.4) is 0 Å². The molecule has 1 N–H and O–H groups in total. The molecule has 104 valence electrons. The molecule has 0 fully saturated rings. The third kappa shape index (κ3) is 2.52. The molecule has 2 aromatic rings. The van der Waals surface area contributed by atoms with E-state index in [0.717, 1.165) is 24.2 Å². The van der Waals surface area contributed by atoms with Gasteiger partial charge in [0.05, 0.1) is 5.69 Å². The Morgan fingerprint density at radius 2 is 2.00 bits per heavy atom. The zero-order valence-corrected chi connectivity index (χ0v) is 11.3. The fourth-order valence-corrected chi connectivity index (χ4v) is 2.21. The van der Waals surface area contributed by atoms with E-state index < -0.39 is 0 Å². The molecule has 3 rings (SSSR count). The maximum absolute atomic E-state index is 11.7. The molecule has 1 aromatic heterocycles. The Morgan fingerprint density at radius 3 is 2.80 bits per heavy atom. The number of fused-ring (bicyclic) bond motifs is 1. The lowest BCUT2D eigenvalue weighted by molar-refractivity contribution is 0.171. The number of aromatic nitrogens is 2. The molecule has 0 aliphatic carbocycles. The average Bonchev–Trinajstić information content (AvgIpc) is 2.46. The molecular formula is C15H16N2O3. The zero-order valence-electron chi connectivity index (χ0n) is 11.3. The van der Waals surface area contributed by atoms with E-state index in [1.807, 2.05) is 18.2 Å². The number of rotatable bonds is 3. The maximum atomic E-state index is 11.7. The molecule has 0 bridgehead atoms. The van der Waals surface area contributed by atoms with Gasteiger partial charge in [0.15, 0.2) is 11.5 Å². The highest BCUT2D eigenvalue weighted by Crippen LogP contribution is 2.33. The summed E-state index contributed by atoms with van der Waals surface area (Å²) in [5, 5.41) is 0. The number of aryl methyl sites for hydroxylation is 1. The van der Waals surface area contributed by atoms with E-state index in [2.05, 4.69) is 16.9 Å². The van der Waals surface area contributed by atoms with Crippen molar-refractivity contribution in [3.63, 3.8) is 0 Å². The lowest BCUT2D eigenvalue weighted by atomic mass is 10.1. The highest BCUT2D eigenvalue weighted by Gasteiger charge is 2.13. The molecule has 0 radical (unpaired) electrons. The first-order chi connectivity index (χ1) is 9.76. The molecule has 5 nitrogen and oxygen atoms in total. The first kappa shape index (κ1) is 12.7. The Kier molecular flexibility index (Phi) is 3.41. The van der Waals surface area contributed by atoms with Crippen molar-refractivity contribution < 1.29 is 9.47 Å². The van der Waals surface area contributed by atoms with Crippen molar-refractivity contribution in [2.75, 3.05) is 13.2 Å². The summed E-state index contributed by atoms with van der Waals surface area (Å²) in [6.07, 6.45) is 1.70. The SMILES string of the molecule is CCCc1nc(-c2ccc3c(c2)OCCO3)cc(=O)[nH]1. The van der Waals surface area contributed by atoms with Crippen LogP contribution in [0.1, 0.15) is 19.2 Å². The van der Waals surface area contributed by atoms with Gasteiger partial charge in [-0.2, -0.15) is 0 Å². The molecule has 0 saturated carbocycles. The first-order valence-corrected chi connectivity index (χ1v) is 6.76. The molecule has 0 amide bonds. The number of ether oxygens (including phenoxy) is 2. The van der Waals surface area contributed by atoms with Crippen molar-refractivity contribution in [3.8, 4) is 22.8 Å². The largest absolute Gasteiger partial charge is 0.486 e. The Balaban J connectivity index is 2.02. The molecule has 20 heavy (non-hydrogen) atoms. The molecule has 1 aliphatic heterocycles. The van der Waals surface area contributed by atoms with Gasteiger partial charge in [-0.15, -0.1) is 0 Å². The lowest BCUT2D eigenvalue weighted by Gasteiger charge is -2.18. The van der Waals surface area contributed by atoms with Gasteiger partial charge >= 0.3 is 0 Å². The van der Waals surface area contributed by atoms with E-state index in [4.69, 9.17) is 9.47 Å². The van der Waals surface area contributed by atoms with Gasteiger partial charge in [0, 0.05) is 18.1 Å². The van der Waals surface area contributed by atoms with Crippen LogP contribution in [0.25, 0.3) is 11.3 Å². The van der Waals surface area contributed by atoms with Gasteiger partial charge in [0.1, 0.15) is 19.0 Å². The summed E-state index contributed by atoms with van der Waals surface area (Å²) in [7, 11) is 0. The van der Waals surface area contributed by atoms with Crippen molar-refractivity contribution in [3.05, 3.63) is 40.4 Å². The normalized spacial score (nSPS) is 13.2. The van der Waals surface area contributed by atoms with E-state index in [1.165, 1.54) is 6.07 Å². The van der Waals surface area contributed by atoms with Gasteiger partial charge in [-0.1, -0.05) is 6.92 Å².